The minimum atomic E-state index is -0.503. The highest BCUT2D eigenvalue weighted by Crippen LogP contribution is 2.36. The maximum Gasteiger partial charge on any atom is 0.410 e. The summed E-state index contributed by atoms with van der Waals surface area (Å²) in [6, 6.07) is 19.4. The van der Waals surface area contributed by atoms with Gasteiger partial charge >= 0.3 is 6.09 Å². The highest BCUT2D eigenvalue weighted by molar-refractivity contribution is 5.77. The Kier molecular flexibility index (Phi) is 13.4. The standard InChI is InChI=1S/C38H57N3O4.C2H6/c1-36(2,3)27-44-31-17-15-30(16-18-31)34(29-13-11-10-12-14-29)40-23-24-41(32(26-40)37(4,5)6)33(42)25-28-19-21-39(22-20-28)35(43)45-38(7,8)9;1-2/h10-18,28,32,34H,19-27H2,1-9H3;1-2H3. The van der Waals surface area contributed by atoms with Crippen molar-refractivity contribution in [3.63, 3.8) is 0 Å². The molecule has 2 unspecified atom stereocenters. The van der Waals surface area contributed by atoms with Crippen LogP contribution in [0.4, 0.5) is 4.79 Å². The van der Waals surface area contributed by atoms with Crippen molar-refractivity contribution in [3.05, 3.63) is 65.7 Å². The second-order valence-corrected chi connectivity index (χ2v) is 16.3. The lowest BCUT2D eigenvalue weighted by atomic mass is 9.82. The minimum absolute atomic E-state index is 0.0830. The van der Waals surface area contributed by atoms with Gasteiger partial charge in [-0.05, 0) is 73.6 Å². The summed E-state index contributed by atoms with van der Waals surface area (Å²) in [5.74, 6) is 1.41. The smallest absolute Gasteiger partial charge is 0.410 e. The summed E-state index contributed by atoms with van der Waals surface area (Å²) in [6.07, 6.45) is 1.94. The van der Waals surface area contributed by atoms with Gasteiger partial charge in [-0.15, -0.1) is 0 Å². The number of amides is 2. The molecule has 47 heavy (non-hydrogen) atoms. The fraction of sp³-hybridized carbons (Fsp3) is 0.650. The normalized spacial score (nSPS) is 19.0. The lowest BCUT2D eigenvalue weighted by Crippen LogP contribution is -2.60. The molecule has 0 bridgehead atoms. The summed E-state index contributed by atoms with van der Waals surface area (Å²) in [6.45, 7) is 27.2. The van der Waals surface area contributed by atoms with E-state index in [9.17, 15) is 9.59 Å². The summed E-state index contributed by atoms with van der Waals surface area (Å²) < 4.78 is 11.6. The first-order valence-corrected chi connectivity index (χ1v) is 17.8. The molecule has 7 nitrogen and oxygen atoms in total. The Hall–Kier alpha value is -3.06. The summed E-state index contributed by atoms with van der Waals surface area (Å²) in [7, 11) is 0. The zero-order valence-corrected chi connectivity index (χ0v) is 31.3. The van der Waals surface area contributed by atoms with E-state index in [4.69, 9.17) is 9.47 Å². The van der Waals surface area contributed by atoms with E-state index in [0.717, 1.165) is 31.7 Å². The molecule has 0 aromatic heterocycles. The van der Waals surface area contributed by atoms with Crippen LogP contribution in [0.25, 0.3) is 0 Å². The third-order valence-electron chi connectivity index (χ3n) is 8.81. The largest absolute Gasteiger partial charge is 0.493 e. The zero-order valence-electron chi connectivity index (χ0n) is 31.3. The third-order valence-corrected chi connectivity index (χ3v) is 8.81. The van der Waals surface area contributed by atoms with Crippen LogP contribution in [-0.2, 0) is 9.53 Å². The van der Waals surface area contributed by atoms with Crippen LogP contribution in [0.1, 0.15) is 113 Å². The molecule has 2 saturated heterocycles. The lowest BCUT2D eigenvalue weighted by molar-refractivity contribution is -0.141. The van der Waals surface area contributed by atoms with Crippen molar-refractivity contribution in [3.8, 4) is 5.75 Å². The maximum atomic E-state index is 13.9. The molecule has 0 radical (unpaired) electrons. The van der Waals surface area contributed by atoms with Gasteiger partial charge in [-0.2, -0.15) is 0 Å². The number of rotatable bonds is 7. The van der Waals surface area contributed by atoms with Crippen molar-refractivity contribution in [2.75, 3.05) is 39.3 Å². The van der Waals surface area contributed by atoms with Crippen molar-refractivity contribution >= 4 is 12.0 Å². The van der Waals surface area contributed by atoms with E-state index in [1.54, 1.807) is 4.90 Å². The second-order valence-electron chi connectivity index (χ2n) is 16.3. The molecule has 4 rings (SSSR count). The Bertz CT molecular complexity index is 1250. The lowest BCUT2D eigenvalue weighted by Gasteiger charge is -2.50. The molecule has 0 saturated carbocycles. The number of likely N-dealkylation sites (tertiary alicyclic amines) is 1. The molecule has 0 spiro atoms. The average Bonchev–Trinajstić information content (AvgIpc) is 3.01. The summed E-state index contributed by atoms with van der Waals surface area (Å²) in [4.78, 5) is 32.9. The van der Waals surface area contributed by atoms with Gasteiger partial charge in [0.1, 0.15) is 11.4 Å². The van der Waals surface area contributed by atoms with Crippen LogP contribution in [0.2, 0.25) is 0 Å². The maximum absolute atomic E-state index is 13.9. The number of carbonyl (C=O) groups excluding carboxylic acids is 2. The number of hydrogen-bond donors (Lipinski definition) is 0. The number of carbonyl (C=O) groups is 2. The van der Waals surface area contributed by atoms with Crippen LogP contribution >= 0.6 is 0 Å². The van der Waals surface area contributed by atoms with Gasteiger partial charge in [-0.1, -0.05) is 97.9 Å². The number of hydrogen-bond acceptors (Lipinski definition) is 5. The van der Waals surface area contributed by atoms with Crippen molar-refractivity contribution in [1.29, 1.82) is 0 Å². The van der Waals surface area contributed by atoms with E-state index >= 15 is 0 Å². The van der Waals surface area contributed by atoms with Crippen molar-refractivity contribution < 1.29 is 19.1 Å². The highest BCUT2D eigenvalue weighted by Gasteiger charge is 2.41. The van der Waals surface area contributed by atoms with Gasteiger partial charge in [0.2, 0.25) is 5.91 Å². The summed E-state index contributed by atoms with van der Waals surface area (Å²) in [5, 5.41) is 0. The Morgan fingerprint density at radius 1 is 0.787 bits per heavy atom. The fourth-order valence-corrected chi connectivity index (χ4v) is 6.38. The van der Waals surface area contributed by atoms with Gasteiger partial charge in [0, 0.05) is 45.2 Å². The molecule has 2 aliphatic heterocycles. The zero-order chi connectivity index (χ0) is 35.0. The first kappa shape index (κ1) is 38.4. The minimum Gasteiger partial charge on any atom is -0.493 e. The van der Waals surface area contributed by atoms with Gasteiger partial charge in [0.05, 0.1) is 12.6 Å². The summed E-state index contributed by atoms with van der Waals surface area (Å²) in [5.41, 5.74) is 2.00. The molecule has 2 aliphatic rings. The Labute approximate surface area is 286 Å². The molecule has 2 aromatic carbocycles. The molecule has 0 N–H and O–H groups in total. The van der Waals surface area contributed by atoms with Crippen LogP contribution in [0.15, 0.2) is 54.6 Å². The molecule has 2 fully saturated rings. The number of nitrogens with zero attached hydrogens (tertiary/aromatic N) is 3. The molecule has 7 heteroatoms. The van der Waals surface area contributed by atoms with E-state index in [2.05, 4.69) is 106 Å². The molecular weight excluding hydrogens is 586 g/mol. The van der Waals surface area contributed by atoms with Crippen LogP contribution in [-0.4, -0.2) is 77.7 Å². The summed E-state index contributed by atoms with van der Waals surface area (Å²) >= 11 is 0. The van der Waals surface area contributed by atoms with E-state index in [1.165, 1.54) is 11.1 Å². The van der Waals surface area contributed by atoms with Gasteiger partial charge < -0.3 is 19.3 Å². The molecule has 2 aromatic rings. The Morgan fingerprint density at radius 2 is 1.36 bits per heavy atom. The SMILES string of the molecule is CC.CC(C)(C)COc1ccc(C(c2ccccc2)N2CCN(C(=O)CC3CCN(C(=O)OC(C)(C)C)CC3)C(C(C)(C)C)C2)cc1. The first-order valence-electron chi connectivity index (χ1n) is 17.8. The quantitative estimate of drug-likeness (QED) is 0.300. The molecule has 0 aliphatic carbocycles. The number of benzene rings is 2. The third kappa shape index (κ3) is 11.5. The number of ether oxygens (including phenoxy) is 2. The molecular formula is C40H63N3O4. The van der Waals surface area contributed by atoms with Crippen LogP contribution in [0.5, 0.6) is 5.75 Å². The number of piperazine rings is 1. The highest BCUT2D eigenvalue weighted by atomic mass is 16.6. The topological polar surface area (TPSA) is 62.3 Å². The predicted octanol–water partition coefficient (Wildman–Crippen LogP) is 8.82. The first-order chi connectivity index (χ1) is 22.0. The van der Waals surface area contributed by atoms with Gasteiger partial charge in [-0.25, -0.2) is 4.79 Å². The molecule has 2 heterocycles. The van der Waals surface area contributed by atoms with E-state index < -0.39 is 5.60 Å². The molecule has 2 atom stereocenters. The van der Waals surface area contributed by atoms with Crippen LogP contribution < -0.4 is 4.74 Å². The van der Waals surface area contributed by atoms with Gasteiger partial charge in [-0.3, -0.25) is 9.69 Å². The Morgan fingerprint density at radius 3 is 1.89 bits per heavy atom. The molecule has 2 amide bonds. The van der Waals surface area contributed by atoms with Crippen LogP contribution in [0.3, 0.4) is 0 Å². The monoisotopic (exact) mass is 649 g/mol. The van der Waals surface area contributed by atoms with Gasteiger partial charge in [0.25, 0.3) is 0 Å². The van der Waals surface area contributed by atoms with Gasteiger partial charge in [0.15, 0.2) is 0 Å². The number of piperidine rings is 1. The second kappa shape index (κ2) is 16.4. The average molecular weight is 650 g/mol. The Balaban J connectivity index is 0.00000294. The van der Waals surface area contributed by atoms with Crippen molar-refractivity contribution in [1.82, 2.24) is 14.7 Å². The van der Waals surface area contributed by atoms with E-state index in [-0.39, 0.29) is 40.8 Å². The molecule has 262 valence electrons. The van der Waals surface area contributed by atoms with Crippen LogP contribution in [0, 0.1) is 16.7 Å². The van der Waals surface area contributed by atoms with Crippen molar-refractivity contribution in [2.24, 2.45) is 16.7 Å². The van der Waals surface area contributed by atoms with E-state index in [0.29, 0.717) is 32.7 Å². The van der Waals surface area contributed by atoms with E-state index in [1.807, 2.05) is 34.6 Å². The van der Waals surface area contributed by atoms with Crippen molar-refractivity contribution in [2.45, 2.75) is 113 Å². The predicted molar refractivity (Wildman–Crippen MR) is 193 cm³/mol. The fourth-order valence-electron chi connectivity index (χ4n) is 6.38.